The molecule has 24 heavy (non-hydrogen) atoms. The summed E-state index contributed by atoms with van der Waals surface area (Å²) in [4.78, 5) is 5.03. The van der Waals surface area contributed by atoms with Crippen molar-refractivity contribution in [3.63, 3.8) is 0 Å². The highest BCUT2D eigenvalue weighted by molar-refractivity contribution is 5.63. The minimum absolute atomic E-state index is 0.115. The highest BCUT2D eigenvalue weighted by atomic mass is 15.3. The number of rotatable bonds is 2. The van der Waals surface area contributed by atoms with Gasteiger partial charge in [-0.25, -0.2) is 4.98 Å². The van der Waals surface area contributed by atoms with Gasteiger partial charge in [0, 0.05) is 29.1 Å². The minimum Gasteiger partial charge on any atom is -0.367 e. The van der Waals surface area contributed by atoms with Gasteiger partial charge in [-0.15, -0.1) is 0 Å². The summed E-state index contributed by atoms with van der Waals surface area (Å²) in [6.45, 7) is 4.45. The van der Waals surface area contributed by atoms with Crippen molar-refractivity contribution in [3.8, 4) is 0 Å². The van der Waals surface area contributed by atoms with Gasteiger partial charge in [0.2, 0.25) is 0 Å². The zero-order valence-electron chi connectivity index (χ0n) is 14.1. The SMILES string of the molecule is C=C1Cc2c(nc3ccnn3c2N[C@H]2CC[C@H](N)C2)C12CCCC2. The highest BCUT2D eigenvalue weighted by Crippen LogP contribution is 2.53. The largest absolute Gasteiger partial charge is 0.367 e. The Morgan fingerprint density at radius 1 is 1.29 bits per heavy atom. The van der Waals surface area contributed by atoms with Crippen LogP contribution < -0.4 is 11.1 Å². The molecular formula is C19H25N5. The molecule has 0 saturated heterocycles. The number of nitrogens with two attached hydrogens (primary N) is 1. The molecule has 0 amide bonds. The molecule has 0 bridgehead atoms. The molecule has 3 N–H and O–H groups in total. The number of nitrogens with zero attached hydrogens (tertiary/aromatic N) is 3. The Hall–Kier alpha value is -1.88. The normalized spacial score (nSPS) is 28.1. The van der Waals surface area contributed by atoms with Crippen molar-refractivity contribution >= 4 is 11.5 Å². The van der Waals surface area contributed by atoms with Crippen molar-refractivity contribution in [2.45, 2.75) is 68.9 Å². The molecule has 126 valence electrons. The second kappa shape index (κ2) is 5.06. The summed E-state index contributed by atoms with van der Waals surface area (Å²) in [6, 6.07) is 2.77. The third kappa shape index (κ3) is 1.91. The fraction of sp³-hybridized carbons (Fsp3) is 0.579. The first kappa shape index (κ1) is 14.5. The van der Waals surface area contributed by atoms with Crippen LogP contribution in [0.2, 0.25) is 0 Å². The zero-order chi connectivity index (χ0) is 16.3. The van der Waals surface area contributed by atoms with Crippen molar-refractivity contribution in [2.75, 3.05) is 5.32 Å². The van der Waals surface area contributed by atoms with Gasteiger partial charge in [-0.2, -0.15) is 9.61 Å². The first-order valence-electron chi connectivity index (χ1n) is 9.25. The Kier molecular flexibility index (Phi) is 3.05. The molecule has 0 aromatic carbocycles. The number of allylic oxidation sites excluding steroid dienone is 1. The van der Waals surface area contributed by atoms with E-state index in [2.05, 4.69) is 17.0 Å². The van der Waals surface area contributed by atoms with Crippen LogP contribution in [-0.4, -0.2) is 26.7 Å². The van der Waals surface area contributed by atoms with Gasteiger partial charge in [0.1, 0.15) is 5.82 Å². The van der Waals surface area contributed by atoms with E-state index in [-0.39, 0.29) is 5.41 Å². The average Bonchev–Trinajstić information content (AvgIpc) is 3.32. The Morgan fingerprint density at radius 2 is 2.12 bits per heavy atom. The molecule has 2 saturated carbocycles. The summed E-state index contributed by atoms with van der Waals surface area (Å²) in [6.07, 6.45) is 11.0. The number of hydrogen-bond donors (Lipinski definition) is 2. The lowest BCUT2D eigenvalue weighted by Gasteiger charge is -2.25. The van der Waals surface area contributed by atoms with Crippen LogP contribution in [-0.2, 0) is 11.8 Å². The lowest BCUT2D eigenvalue weighted by molar-refractivity contribution is 0.525. The van der Waals surface area contributed by atoms with E-state index in [4.69, 9.17) is 10.7 Å². The van der Waals surface area contributed by atoms with Gasteiger partial charge in [0.25, 0.3) is 0 Å². The summed E-state index contributed by atoms with van der Waals surface area (Å²) >= 11 is 0. The lowest BCUT2D eigenvalue weighted by atomic mass is 9.80. The summed E-state index contributed by atoms with van der Waals surface area (Å²) in [5, 5.41) is 8.30. The molecule has 0 radical (unpaired) electrons. The van der Waals surface area contributed by atoms with E-state index in [9.17, 15) is 0 Å². The molecule has 2 fully saturated rings. The Balaban J connectivity index is 1.65. The molecule has 0 unspecified atom stereocenters. The summed E-state index contributed by atoms with van der Waals surface area (Å²) in [7, 11) is 0. The van der Waals surface area contributed by atoms with E-state index in [1.807, 2.05) is 16.8 Å². The Bertz CT molecular complexity index is 815. The van der Waals surface area contributed by atoms with Gasteiger partial charge in [-0.3, -0.25) is 0 Å². The summed E-state index contributed by atoms with van der Waals surface area (Å²) in [5.41, 5.74) is 11.1. The van der Waals surface area contributed by atoms with Crippen LogP contribution in [0.15, 0.2) is 24.4 Å². The van der Waals surface area contributed by atoms with Crippen LogP contribution in [0, 0.1) is 0 Å². The topological polar surface area (TPSA) is 68.2 Å². The van der Waals surface area contributed by atoms with Crippen molar-refractivity contribution < 1.29 is 0 Å². The van der Waals surface area contributed by atoms with Crippen molar-refractivity contribution in [1.82, 2.24) is 14.6 Å². The van der Waals surface area contributed by atoms with Gasteiger partial charge in [0.05, 0.1) is 11.9 Å². The maximum atomic E-state index is 6.11. The van der Waals surface area contributed by atoms with Crippen LogP contribution in [0.1, 0.15) is 56.2 Å². The Morgan fingerprint density at radius 3 is 2.88 bits per heavy atom. The number of hydrogen-bond acceptors (Lipinski definition) is 4. The molecule has 5 heteroatoms. The zero-order valence-corrected chi connectivity index (χ0v) is 14.1. The third-order valence-corrected chi connectivity index (χ3v) is 6.42. The van der Waals surface area contributed by atoms with Crippen molar-refractivity contribution in [2.24, 2.45) is 5.73 Å². The molecule has 3 aliphatic carbocycles. The predicted octanol–water partition coefficient (Wildman–Crippen LogP) is 2.95. The first-order valence-corrected chi connectivity index (χ1v) is 9.25. The summed E-state index contributed by atoms with van der Waals surface area (Å²) < 4.78 is 1.98. The molecule has 2 aromatic rings. The van der Waals surface area contributed by atoms with Gasteiger partial charge in [0.15, 0.2) is 5.65 Å². The van der Waals surface area contributed by atoms with E-state index < -0.39 is 0 Å². The number of nitrogens with one attached hydrogen (secondary N) is 1. The second-order valence-electron chi connectivity index (χ2n) is 7.87. The lowest BCUT2D eigenvalue weighted by Crippen LogP contribution is -2.24. The van der Waals surface area contributed by atoms with Crippen LogP contribution in [0.5, 0.6) is 0 Å². The van der Waals surface area contributed by atoms with E-state index >= 15 is 0 Å². The monoisotopic (exact) mass is 323 g/mol. The van der Waals surface area contributed by atoms with Gasteiger partial charge >= 0.3 is 0 Å². The van der Waals surface area contributed by atoms with Crippen LogP contribution in [0.4, 0.5) is 5.82 Å². The van der Waals surface area contributed by atoms with E-state index in [0.717, 1.165) is 37.1 Å². The molecule has 2 aromatic heterocycles. The van der Waals surface area contributed by atoms with Crippen LogP contribution in [0.3, 0.4) is 0 Å². The smallest absolute Gasteiger partial charge is 0.157 e. The first-order chi connectivity index (χ1) is 11.7. The number of fused-ring (bicyclic) bond motifs is 3. The number of anilines is 1. The second-order valence-corrected chi connectivity index (χ2v) is 7.87. The Labute approximate surface area is 142 Å². The molecule has 5 nitrogen and oxygen atoms in total. The molecular weight excluding hydrogens is 298 g/mol. The fourth-order valence-electron chi connectivity index (χ4n) is 5.15. The highest BCUT2D eigenvalue weighted by Gasteiger charge is 2.47. The summed E-state index contributed by atoms with van der Waals surface area (Å²) in [5.74, 6) is 1.13. The van der Waals surface area contributed by atoms with Crippen LogP contribution in [0.25, 0.3) is 5.65 Å². The molecule has 0 aliphatic heterocycles. The standard InChI is InChI=1S/C19H25N5/c1-12-10-15-17(19(12)7-2-3-8-19)23-16-6-9-21-24(16)18(15)22-14-5-4-13(20)11-14/h6,9,13-14,22H,1-5,7-8,10-11,20H2/t13-,14-/m0/s1. The molecule has 2 heterocycles. The average molecular weight is 323 g/mol. The van der Waals surface area contributed by atoms with E-state index in [1.165, 1.54) is 42.5 Å². The number of aromatic nitrogens is 3. The predicted molar refractivity (Wildman–Crippen MR) is 95.2 cm³/mol. The molecule has 2 atom stereocenters. The maximum absolute atomic E-state index is 6.11. The fourth-order valence-corrected chi connectivity index (χ4v) is 5.15. The van der Waals surface area contributed by atoms with E-state index in [0.29, 0.717) is 12.1 Å². The van der Waals surface area contributed by atoms with Crippen molar-refractivity contribution in [1.29, 1.82) is 0 Å². The maximum Gasteiger partial charge on any atom is 0.157 e. The molecule has 3 aliphatic rings. The quantitative estimate of drug-likeness (QED) is 0.834. The molecule has 5 rings (SSSR count). The van der Waals surface area contributed by atoms with Gasteiger partial charge < -0.3 is 11.1 Å². The van der Waals surface area contributed by atoms with E-state index in [1.54, 1.807) is 0 Å². The van der Waals surface area contributed by atoms with Gasteiger partial charge in [-0.1, -0.05) is 25.0 Å². The van der Waals surface area contributed by atoms with Crippen LogP contribution >= 0.6 is 0 Å². The minimum atomic E-state index is 0.115. The van der Waals surface area contributed by atoms with Gasteiger partial charge in [-0.05, 0) is 38.5 Å². The third-order valence-electron chi connectivity index (χ3n) is 6.42. The molecule has 1 spiro atoms. The van der Waals surface area contributed by atoms with Crippen molar-refractivity contribution in [3.05, 3.63) is 35.7 Å².